The number of hydrogen-bond donors (Lipinski definition) is 1. The van der Waals surface area contributed by atoms with Crippen molar-refractivity contribution in [2.24, 2.45) is 17.6 Å². The Morgan fingerprint density at radius 2 is 1.84 bits per heavy atom. The lowest BCUT2D eigenvalue weighted by Gasteiger charge is -2.33. The molecule has 1 amide bonds. The quantitative estimate of drug-likeness (QED) is 0.848. The van der Waals surface area contributed by atoms with Gasteiger partial charge in [-0.15, -0.1) is 12.4 Å². The topological polar surface area (TPSA) is 46.3 Å². The van der Waals surface area contributed by atoms with E-state index in [1.165, 1.54) is 6.07 Å². The van der Waals surface area contributed by atoms with Crippen LogP contribution in [0.15, 0.2) is 18.2 Å². The Bertz CT molecular complexity index is 593. The van der Waals surface area contributed by atoms with E-state index in [1.807, 2.05) is 4.90 Å². The maximum atomic E-state index is 14.1. The van der Waals surface area contributed by atoms with Crippen LogP contribution in [-0.2, 0) is 11.3 Å². The number of rotatable bonds is 5. The molecular weight excluding hydrogens is 346 g/mol. The smallest absolute Gasteiger partial charge is 0.226 e. The van der Waals surface area contributed by atoms with Crippen LogP contribution < -0.4 is 5.73 Å². The van der Waals surface area contributed by atoms with E-state index in [0.717, 1.165) is 57.1 Å². The Hall–Kier alpha value is -1.20. The summed E-state index contributed by atoms with van der Waals surface area (Å²) in [6, 6.07) is 3.60. The summed E-state index contributed by atoms with van der Waals surface area (Å²) in [5.41, 5.74) is 6.09. The van der Waals surface area contributed by atoms with Gasteiger partial charge in [-0.05, 0) is 56.3 Å². The third-order valence-electron chi connectivity index (χ3n) is 5.68. The van der Waals surface area contributed by atoms with Crippen LogP contribution in [0.5, 0.6) is 0 Å². The largest absolute Gasteiger partial charge is 0.335 e. The first-order chi connectivity index (χ1) is 11.6. The molecule has 1 aromatic carbocycles. The highest BCUT2D eigenvalue weighted by molar-refractivity contribution is 5.85. The van der Waals surface area contributed by atoms with E-state index in [0.29, 0.717) is 6.54 Å². The Kier molecular flexibility index (Phi) is 7.20. The number of nitrogens with zero attached hydrogens (tertiary/aromatic N) is 1. The molecule has 1 aromatic rings. The molecule has 2 aliphatic rings. The zero-order valence-electron chi connectivity index (χ0n) is 14.4. The van der Waals surface area contributed by atoms with Gasteiger partial charge in [0.05, 0.1) is 0 Å². The summed E-state index contributed by atoms with van der Waals surface area (Å²) in [6.07, 6.45) is 6.93. The third-order valence-corrected chi connectivity index (χ3v) is 5.68. The second-order valence-corrected chi connectivity index (χ2v) is 7.17. The van der Waals surface area contributed by atoms with Crippen molar-refractivity contribution in [2.45, 2.75) is 57.5 Å². The lowest BCUT2D eigenvalue weighted by Crippen LogP contribution is -2.44. The summed E-state index contributed by atoms with van der Waals surface area (Å²) in [7, 11) is 0. The molecule has 0 unspecified atom stereocenters. The van der Waals surface area contributed by atoms with Gasteiger partial charge in [-0.1, -0.05) is 19.3 Å². The molecule has 2 atom stereocenters. The maximum Gasteiger partial charge on any atom is 0.226 e. The van der Waals surface area contributed by atoms with Gasteiger partial charge in [0.2, 0.25) is 5.91 Å². The first-order valence-corrected chi connectivity index (χ1v) is 9.04. The molecule has 0 spiro atoms. The Morgan fingerprint density at radius 3 is 2.52 bits per heavy atom. The van der Waals surface area contributed by atoms with Crippen LogP contribution in [0.25, 0.3) is 0 Å². The maximum absolute atomic E-state index is 14.1. The minimum atomic E-state index is -0.467. The number of hydrogen-bond acceptors (Lipinski definition) is 2. The van der Waals surface area contributed by atoms with Crippen LogP contribution in [0.2, 0.25) is 0 Å². The normalized spacial score (nSPS) is 23.5. The van der Waals surface area contributed by atoms with Crippen LogP contribution in [0.1, 0.15) is 50.5 Å². The van der Waals surface area contributed by atoms with Crippen molar-refractivity contribution >= 4 is 18.3 Å². The summed E-state index contributed by atoms with van der Waals surface area (Å²) in [5, 5.41) is 0. The fraction of sp³-hybridized carbons (Fsp3) is 0.632. The highest BCUT2D eigenvalue weighted by atomic mass is 35.5. The van der Waals surface area contributed by atoms with Crippen molar-refractivity contribution in [3.05, 3.63) is 35.4 Å². The lowest BCUT2D eigenvalue weighted by molar-refractivity contribution is -0.139. The van der Waals surface area contributed by atoms with Crippen LogP contribution in [-0.4, -0.2) is 23.4 Å². The highest BCUT2D eigenvalue weighted by Gasteiger charge is 2.37. The van der Waals surface area contributed by atoms with E-state index in [9.17, 15) is 13.6 Å². The standard InChI is InChI=1S/C19H26F2N2O.ClH/c20-15-8-9-18(21)14(10-15)12-23(16-5-1-2-6-16)19(24)17-7-3-4-13(17)11-22;/h8-10,13,16-17H,1-7,11-12,22H2;1H/t13-,17-;/m1./s1. The first kappa shape index (κ1) is 20.1. The van der Waals surface area contributed by atoms with Crippen LogP contribution >= 0.6 is 12.4 Å². The van der Waals surface area contributed by atoms with E-state index >= 15 is 0 Å². The Labute approximate surface area is 154 Å². The van der Waals surface area contributed by atoms with Gasteiger partial charge in [-0.3, -0.25) is 4.79 Å². The summed E-state index contributed by atoms with van der Waals surface area (Å²) >= 11 is 0. The van der Waals surface area contributed by atoms with Crippen molar-refractivity contribution in [1.29, 1.82) is 0 Å². The van der Waals surface area contributed by atoms with E-state index < -0.39 is 11.6 Å². The predicted molar refractivity (Wildman–Crippen MR) is 96.3 cm³/mol. The van der Waals surface area contributed by atoms with E-state index in [2.05, 4.69) is 0 Å². The SMILES string of the molecule is Cl.NC[C@H]1CCC[C@H]1C(=O)N(Cc1cc(F)ccc1F)C1CCCC1. The molecule has 2 aliphatic carbocycles. The zero-order valence-corrected chi connectivity index (χ0v) is 15.2. The fourth-order valence-electron chi connectivity index (χ4n) is 4.31. The van der Waals surface area contributed by atoms with Crippen LogP contribution in [0.4, 0.5) is 8.78 Å². The molecule has 140 valence electrons. The molecule has 0 bridgehead atoms. The van der Waals surface area contributed by atoms with Gasteiger partial charge in [0.1, 0.15) is 11.6 Å². The molecule has 25 heavy (non-hydrogen) atoms. The molecule has 2 saturated carbocycles. The molecule has 3 rings (SSSR count). The Balaban J connectivity index is 0.00000225. The number of benzene rings is 1. The molecule has 2 N–H and O–H groups in total. The van der Waals surface area contributed by atoms with Crippen molar-refractivity contribution in [3.63, 3.8) is 0 Å². The van der Waals surface area contributed by atoms with Gasteiger partial charge in [0.25, 0.3) is 0 Å². The molecule has 0 radical (unpaired) electrons. The molecule has 3 nitrogen and oxygen atoms in total. The molecule has 0 aromatic heterocycles. The van der Waals surface area contributed by atoms with Gasteiger partial charge in [-0.25, -0.2) is 8.78 Å². The molecular formula is C19H27ClF2N2O. The van der Waals surface area contributed by atoms with Gasteiger partial charge < -0.3 is 10.6 Å². The molecule has 0 heterocycles. The zero-order chi connectivity index (χ0) is 17.1. The number of carbonyl (C=O) groups excluding carboxylic acids is 1. The van der Waals surface area contributed by atoms with Gasteiger partial charge in [-0.2, -0.15) is 0 Å². The van der Waals surface area contributed by atoms with E-state index in [4.69, 9.17) is 5.73 Å². The molecule has 0 aliphatic heterocycles. The average Bonchev–Trinajstić information content (AvgIpc) is 3.26. The van der Waals surface area contributed by atoms with Crippen molar-refractivity contribution in [1.82, 2.24) is 4.90 Å². The summed E-state index contributed by atoms with van der Waals surface area (Å²) < 4.78 is 27.6. The fourth-order valence-corrected chi connectivity index (χ4v) is 4.31. The van der Waals surface area contributed by atoms with Crippen LogP contribution in [0.3, 0.4) is 0 Å². The number of halogens is 3. The monoisotopic (exact) mass is 372 g/mol. The number of amides is 1. The van der Waals surface area contributed by atoms with Crippen molar-refractivity contribution in [2.75, 3.05) is 6.54 Å². The molecule has 0 saturated heterocycles. The van der Waals surface area contributed by atoms with Crippen LogP contribution in [0, 0.1) is 23.5 Å². The second kappa shape index (κ2) is 8.95. The third kappa shape index (κ3) is 4.50. The summed E-state index contributed by atoms with van der Waals surface area (Å²) in [5.74, 6) is -0.676. The van der Waals surface area contributed by atoms with Gasteiger partial charge >= 0.3 is 0 Å². The summed E-state index contributed by atoms with van der Waals surface area (Å²) in [6.45, 7) is 0.671. The molecule has 2 fully saturated rings. The highest BCUT2D eigenvalue weighted by Crippen LogP contribution is 2.35. The van der Waals surface area contributed by atoms with E-state index in [-0.39, 0.29) is 48.3 Å². The lowest BCUT2D eigenvalue weighted by atomic mass is 9.93. The van der Waals surface area contributed by atoms with E-state index in [1.54, 1.807) is 0 Å². The first-order valence-electron chi connectivity index (χ1n) is 9.04. The minimum Gasteiger partial charge on any atom is -0.335 e. The summed E-state index contributed by atoms with van der Waals surface area (Å²) in [4.78, 5) is 15.0. The number of carbonyl (C=O) groups is 1. The Morgan fingerprint density at radius 1 is 1.12 bits per heavy atom. The molecule has 6 heteroatoms. The van der Waals surface area contributed by atoms with Crippen molar-refractivity contribution < 1.29 is 13.6 Å². The van der Waals surface area contributed by atoms with Gasteiger partial charge in [0, 0.05) is 24.1 Å². The number of nitrogens with two attached hydrogens (primary N) is 1. The second-order valence-electron chi connectivity index (χ2n) is 7.17. The van der Waals surface area contributed by atoms with Gasteiger partial charge in [0.15, 0.2) is 0 Å². The minimum absolute atomic E-state index is 0. The van der Waals surface area contributed by atoms with Crippen molar-refractivity contribution in [3.8, 4) is 0 Å². The average molecular weight is 373 g/mol. The predicted octanol–water partition coefficient (Wildman–Crippen LogP) is 4.03.